The molecule has 6 heteroatoms. The predicted molar refractivity (Wildman–Crippen MR) is 93.9 cm³/mol. The van der Waals surface area contributed by atoms with Gasteiger partial charge in [-0.25, -0.2) is 0 Å². The fourth-order valence-corrected chi connectivity index (χ4v) is 3.46. The molecule has 2 aromatic carbocycles. The van der Waals surface area contributed by atoms with E-state index in [0.29, 0.717) is 16.9 Å². The number of nitrogens with zero attached hydrogens (tertiary/aromatic N) is 1. The first-order valence-electron chi connectivity index (χ1n) is 8.45. The van der Waals surface area contributed by atoms with Gasteiger partial charge in [-0.3, -0.25) is 19.3 Å². The topological polar surface area (TPSA) is 75.7 Å². The summed E-state index contributed by atoms with van der Waals surface area (Å²) >= 11 is 0. The minimum Gasteiger partial charge on any atom is -0.496 e. The lowest BCUT2D eigenvalue weighted by Gasteiger charge is -2.22. The Labute approximate surface area is 150 Å². The zero-order chi connectivity index (χ0) is 18.3. The molecule has 0 radical (unpaired) electrons. The Bertz CT molecular complexity index is 883. The van der Waals surface area contributed by atoms with Crippen LogP contribution in [0.25, 0.3) is 0 Å². The SMILES string of the molecule is COc1ccccc1C1(NC(=O)CN2C(=O)c3ccccc3C2=O)CC1. The highest BCUT2D eigenvalue weighted by Crippen LogP contribution is 2.48. The molecule has 0 aromatic heterocycles. The van der Waals surface area contributed by atoms with Crippen molar-refractivity contribution in [1.29, 1.82) is 0 Å². The third-order valence-corrected chi connectivity index (χ3v) is 4.93. The van der Waals surface area contributed by atoms with E-state index in [1.807, 2.05) is 24.3 Å². The number of fused-ring (bicyclic) bond motifs is 1. The molecular weight excluding hydrogens is 332 g/mol. The summed E-state index contributed by atoms with van der Waals surface area (Å²) in [5, 5.41) is 2.99. The molecule has 0 spiro atoms. The number of methoxy groups -OCH3 is 1. The molecule has 1 saturated carbocycles. The number of benzene rings is 2. The molecular formula is C20H18N2O4. The first kappa shape index (κ1) is 16.3. The predicted octanol–water partition coefficient (Wildman–Crippen LogP) is 2.10. The number of carbonyl (C=O) groups excluding carboxylic acids is 3. The van der Waals surface area contributed by atoms with Crippen LogP contribution in [0, 0.1) is 0 Å². The van der Waals surface area contributed by atoms with Gasteiger partial charge in [-0.15, -0.1) is 0 Å². The zero-order valence-corrected chi connectivity index (χ0v) is 14.3. The average molecular weight is 350 g/mol. The number of hydrogen-bond acceptors (Lipinski definition) is 4. The van der Waals surface area contributed by atoms with Crippen molar-refractivity contribution in [3.8, 4) is 5.75 Å². The summed E-state index contributed by atoms with van der Waals surface area (Å²) in [6, 6.07) is 14.2. The number of hydrogen-bond donors (Lipinski definition) is 1. The maximum Gasteiger partial charge on any atom is 0.262 e. The molecule has 2 aromatic rings. The van der Waals surface area contributed by atoms with Crippen molar-refractivity contribution in [2.24, 2.45) is 0 Å². The van der Waals surface area contributed by atoms with Crippen LogP contribution in [0.5, 0.6) is 5.75 Å². The summed E-state index contributed by atoms with van der Waals surface area (Å²) in [4.78, 5) is 38.4. The van der Waals surface area contributed by atoms with E-state index < -0.39 is 17.4 Å². The van der Waals surface area contributed by atoms with Crippen LogP contribution in [0.3, 0.4) is 0 Å². The van der Waals surface area contributed by atoms with E-state index in [-0.39, 0.29) is 12.5 Å². The van der Waals surface area contributed by atoms with Crippen molar-refractivity contribution < 1.29 is 19.1 Å². The molecule has 4 rings (SSSR count). The van der Waals surface area contributed by atoms with E-state index in [1.165, 1.54) is 0 Å². The van der Waals surface area contributed by atoms with Crippen LogP contribution in [0.1, 0.15) is 39.1 Å². The van der Waals surface area contributed by atoms with Gasteiger partial charge in [0.25, 0.3) is 11.8 Å². The van der Waals surface area contributed by atoms with Crippen LogP contribution in [0.15, 0.2) is 48.5 Å². The number of rotatable bonds is 5. The number of amides is 3. The van der Waals surface area contributed by atoms with Gasteiger partial charge in [0, 0.05) is 5.56 Å². The zero-order valence-electron chi connectivity index (χ0n) is 14.3. The second-order valence-corrected chi connectivity index (χ2v) is 6.57. The average Bonchev–Trinajstić information content (AvgIpc) is 3.40. The van der Waals surface area contributed by atoms with E-state index in [9.17, 15) is 14.4 Å². The Kier molecular flexibility index (Phi) is 3.76. The van der Waals surface area contributed by atoms with Crippen LogP contribution < -0.4 is 10.1 Å². The maximum absolute atomic E-state index is 12.6. The molecule has 1 fully saturated rings. The largest absolute Gasteiger partial charge is 0.496 e. The van der Waals surface area contributed by atoms with Gasteiger partial charge in [-0.1, -0.05) is 30.3 Å². The highest BCUT2D eigenvalue weighted by molar-refractivity contribution is 6.22. The Hall–Kier alpha value is -3.15. The number of imide groups is 1. The van der Waals surface area contributed by atoms with Gasteiger partial charge in [-0.05, 0) is 31.0 Å². The minimum absolute atomic E-state index is 0.288. The van der Waals surface area contributed by atoms with Gasteiger partial charge in [0.1, 0.15) is 12.3 Å². The van der Waals surface area contributed by atoms with E-state index in [2.05, 4.69) is 5.32 Å². The summed E-state index contributed by atoms with van der Waals surface area (Å²) < 4.78 is 5.39. The number of carbonyl (C=O) groups is 3. The molecule has 132 valence electrons. The second-order valence-electron chi connectivity index (χ2n) is 6.57. The number of nitrogens with one attached hydrogen (secondary N) is 1. The van der Waals surface area contributed by atoms with Crippen LogP contribution in [0.4, 0.5) is 0 Å². The summed E-state index contributed by atoms with van der Waals surface area (Å²) in [7, 11) is 1.59. The third-order valence-electron chi connectivity index (χ3n) is 4.93. The first-order valence-corrected chi connectivity index (χ1v) is 8.45. The Morgan fingerprint density at radius 2 is 1.62 bits per heavy atom. The van der Waals surface area contributed by atoms with E-state index >= 15 is 0 Å². The first-order chi connectivity index (χ1) is 12.6. The lowest BCUT2D eigenvalue weighted by atomic mass is 10.0. The van der Waals surface area contributed by atoms with Crippen LogP contribution in [-0.2, 0) is 10.3 Å². The summed E-state index contributed by atoms with van der Waals surface area (Å²) in [5.41, 5.74) is 1.12. The quantitative estimate of drug-likeness (QED) is 0.838. The lowest BCUT2D eigenvalue weighted by Crippen LogP contribution is -2.44. The normalized spacial score (nSPS) is 17.0. The van der Waals surface area contributed by atoms with Crippen molar-refractivity contribution in [3.05, 3.63) is 65.2 Å². The molecule has 6 nitrogen and oxygen atoms in total. The van der Waals surface area contributed by atoms with Crippen molar-refractivity contribution in [3.63, 3.8) is 0 Å². The number of ether oxygens (including phenoxy) is 1. The van der Waals surface area contributed by atoms with E-state index in [0.717, 1.165) is 23.3 Å². The number of para-hydroxylation sites is 1. The molecule has 2 aliphatic rings. The van der Waals surface area contributed by atoms with Gasteiger partial charge >= 0.3 is 0 Å². The van der Waals surface area contributed by atoms with Gasteiger partial charge in [0.05, 0.1) is 23.8 Å². The molecule has 1 aliphatic carbocycles. The highest BCUT2D eigenvalue weighted by Gasteiger charge is 2.48. The van der Waals surface area contributed by atoms with E-state index in [1.54, 1.807) is 31.4 Å². The Morgan fingerprint density at radius 3 is 2.19 bits per heavy atom. The second kappa shape index (κ2) is 5.98. The summed E-state index contributed by atoms with van der Waals surface area (Å²) in [6.07, 6.45) is 1.59. The smallest absolute Gasteiger partial charge is 0.262 e. The van der Waals surface area contributed by atoms with Crippen LogP contribution >= 0.6 is 0 Å². The Balaban J connectivity index is 1.50. The third kappa shape index (κ3) is 2.54. The fourth-order valence-electron chi connectivity index (χ4n) is 3.46. The van der Waals surface area contributed by atoms with Crippen LogP contribution in [0.2, 0.25) is 0 Å². The standard InChI is InChI=1S/C20H18N2O4/c1-26-16-9-5-4-8-15(16)20(10-11-20)21-17(23)12-22-18(24)13-6-2-3-7-14(13)19(22)25/h2-9H,10-12H2,1H3,(H,21,23). The molecule has 0 unspecified atom stereocenters. The van der Waals surface area contributed by atoms with Crippen molar-refractivity contribution in [1.82, 2.24) is 10.2 Å². The molecule has 3 amide bonds. The summed E-state index contributed by atoms with van der Waals surface area (Å²) in [6.45, 7) is -0.288. The van der Waals surface area contributed by atoms with Crippen molar-refractivity contribution >= 4 is 17.7 Å². The molecule has 1 aliphatic heterocycles. The van der Waals surface area contributed by atoms with Gasteiger partial charge in [0.15, 0.2) is 0 Å². The molecule has 0 saturated heterocycles. The van der Waals surface area contributed by atoms with Gasteiger partial charge in [-0.2, -0.15) is 0 Å². The summed E-state index contributed by atoms with van der Waals surface area (Å²) in [5.74, 6) is -0.500. The monoisotopic (exact) mass is 350 g/mol. The highest BCUT2D eigenvalue weighted by atomic mass is 16.5. The Morgan fingerprint density at radius 1 is 1.04 bits per heavy atom. The fraction of sp³-hybridized carbons (Fsp3) is 0.250. The molecule has 1 heterocycles. The molecule has 0 bridgehead atoms. The molecule has 0 atom stereocenters. The van der Waals surface area contributed by atoms with Gasteiger partial charge < -0.3 is 10.1 Å². The van der Waals surface area contributed by atoms with E-state index in [4.69, 9.17) is 4.74 Å². The van der Waals surface area contributed by atoms with Crippen LogP contribution in [-0.4, -0.2) is 36.3 Å². The lowest BCUT2D eigenvalue weighted by molar-refractivity contribution is -0.122. The minimum atomic E-state index is -0.484. The van der Waals surface area contributed by atoms with Crippen molar-refractivity contribution in [2.45, 2.75) is 18.4 Å². The maximum atomic E-state index is 12.6. The molecule has 1 N–H and O–H groups in total. The molecule has 26 heavy (non-hydrogen) atoms. The van der Waals surface area contributed by atoms with Crippen molar-refractivity contribution in [2.75, 3.05) is 13.7 Å². The van der Waals surface area contributed by atoms with Gasteiger partial charge in [0.2, 0.25) is 5.91 Å².